The van der Waals surface area contributed by atoms with Crippen LogP contribution in [0.2, 0.25) is 0 Å². The summed E-state index contributed by atoms with van der Waals surface area (Å²) < 4.78 is 7.12. The van der Waals surface area contributed by atoms with Gasteiger partial charge in [-0.1, -0.05) is 19.1 Å². The predicted molar refractivity (Wildman–Crippen MR) is 78.5 cm³/mol. The van der Waals surface area contributed by atoms with Crippen molar-refractivity contribution in [1.29, 1.82) is 0 Å². The molecule has 0 atom stereocenters. The molecule has 0 bridgehead atoms. The second-order valence-corrected chi connectivity index (χ2v) is 5.77. The van der Waals surface area contributed by atoms with Crippen LogP contribution in [0.1, 0.15) is 32.4 Å². The highest BCUT2D eigenvalue weighted by molar-refractivity contribution is 4.92. The highest BCUT2D eigenvalue weighted by Crippen LogP contribution is 2.26. The summed E-state index contributed by atoms with van der Waals surface area (Å²) in [6, 6.07) is 1.23. The van der Waals surface area contributed by atoms with Crippen molar-refractivity contribution in [3.8, 4) is 0 Å². The van der Waals surface area contributed by atoms with E-state index in [0.717, 1.165) is 44.5 Å². The summed E-state index contributed by atoms with van der Waals surface area (Å²) in [6.07, 6.45) is 4.69. The molecule has 0 unspecified atom stereocenters. The first-order valence-electron chi connectivity index (χ1n) is 7.54. The lowest BCUT2D eigenvalue weighted by atomic mass is 10.3. The van der Waals surface area contributed by atoms with Crippen LogP contribution in [-0.2, 0) is 17.8 Å². The molecule has 6 nitrogen and oxygen atoms in total. The lowest BCUT2D eigenvalue weighted by molar-refractivity contribution is 0.140. The number of hydrogen-bond donors (Lipinski definition) is 1. The summed E-state index contributed by atoms with van der Waals surface area (Å²) in [4.78, 5) is 2.50. The monoisotopic (exact) mass is 281 g/mol. The lowest BCUT2D eigenvalue weighted by Crippen LogP contribution is -2.32. The van der Waals surface area contributed by atoms with Crippen molar-refractivity contribution in [2.75, 3.05) is 26.8 Å². The molecule has 6 heteroatoms. The summed E-state index contributed by atoms with van der Waals surface area (Å²) in [5.74, 6) is 0. The van der Waals surface area contributed by atoms with Gasteiger partial charge in [0.1, 0.15) is 0 Å². The maximum Gasteiger partial charge on any atom is 0.0964 e. The molecule has 114 valence electrons. The van der Waals surface area contributed by atoms with Gasteiger partial charge in [-0.2, -0.15) is 0 Å². The molecule has 1 saturated carbocycles. The lowest BCUT2D eigenvalue weighted by Gasteiger charge is -2.21. The maximum absolute atomic E-state index is 5.18. The number of ether oxygens (including phenoxy) is 1. The second kappa shape index (κ2) is 7.71. The summed E-state index contributed by atoms with van der Waals surface area (Å²) in [6.45, 7) is 8.79. The predicted octanol–water partition coefficient (Wildman–Crippen LogP) is 0.887. The molecule has 20 heavy (non-hydrogen) atoms. The van der Waals surface area contributed by atoms with Crippen LogP contribution in [0, 0.1) is 0 Å². The zero-order valence-electron chi connectivity index (χ0n) is 12.9. The molecule has 0 aliphatic heterocycles. The fourth-order valence-electron chi connectivity index (χ4n) is 2.19. The third-order valence-corrected chi connectivity index (χ3v) is 3.54. The largest absolute Gasteiger partial charge is 0.383 e. The van der Waals surface area contributed by atoms with Crippen LogP contribution in [0.3, 0.4) is 0 Å². The van der Waals surface area contributed by atoms with Gasteiger partial charge >= 0.3 is 0 Å². The number of rotatable bonds is 10. The molecule has 1 N–H and O–H groups in total. The highest BCUT2D eigenvalue weighted by Gasteiger charge is 2.28. The Hall–Kier alpha value is -0.980. The van der Waals surface area contributed by atoms with E-state index in [0.29, 0.717) is 6.04 Å². The summed E-state index contributed by atoms with van der Waals surface area (Å²) in [5, 5.41) is 11.7. The SMILES string of the molecule is COCCN(CCn1cc(CNC(C)C)nn1)C1CC1. The van der Waals surface area contributed by atoms with Gasteiger partial charge in [-0.25, -0.2) is 0 Å². The van der Waals surface area contributed by atoms with E-state index >= 15 is 0 Å². The Kier molecular flexibility index (Phi) is 5.94. The van der Waals surface area contributed by atoms with Gasteiger partial charge in [-0.15, -0.1) is 5.10 Å². The molecular formula is C14H27N5O. The first-order chi connectivity index (χ1) is 9.69. The third kappa shape index (κ3) is 5.19. The number of hydrogen-bond acceptors (Lipinski definition) is 5. The van der Waals surface area contributed by atoms with Gasteiger partial charge in [0.25, 0.3) is 0 Å². The normalized spacial score (nSPS) is 15.4. The Labute approximate surface area is 121 Å². The minimum absolute atomic E-state index is 0.472. The third-order valence-electron chi connectivity index (χ3n) is 3.54. The minimum atomic E-state index is 0.472. The molecule has 0 saturated heterocycles. The first-order valence-corrected chi connectivity index (χ1v) is 7.54. The van der Waals surface area contributed by atoms with Gasteiger partial charge in [0.05, 0.1) is 18.8 Å². The topological polar surface area (TPSA) is 55.2 Å². The average molecular weight is 281 g/mol. The Morgan fingerprint density at radius 2 is 2.25 bits per heavy atom. The van der Waals surface area contributed by atoms with Crippen molar-refractivity contribution in [3.05, 3.63) is 11.9 Å². The number of nitrogens with one attached hydrogen (secondary N) is 1. The van der Waals surface area contributed by atoms with E-state index < -0.39 is 0 Å². The Morgan fingerprint density at radius 1 is 1.45 bits per heavy atom. The molecule has 1 aliphatic carbocycles. The van der Waals surface area contributed by atoms with Crippen molar-refractivity contribution in [1.82, 2.24) is 25.2 Å². The molecule has 1 fully saturated rings. The van der Waals surface area contributed by atoms with Crippen LogP contribution in [0.5, 0.6) is 0 Å². The molecule has 1 aliphatic rings. The van der Waals surface area contributed by atoms with Crippen molar-refractivity contribution >= 4 is 0 Å². The van der Waals surface area contributed by atoms with Crippen LogP contribution in [-0.4, -0.2) is 58.8 Å². The Morgan fingerprint density at radius 3 is 2.90 bits per heavy atom. The van der Waals surface area contributed by atoms with Crippen LogP contribution < -0.4 is 5.32 Å². The van der Waals surface area contributed by atoms with Gasteiger partial charge in [0.2, 0.25) is 0 Å². The molecule has 0 amide bonds. The molecular weight excluding hydrogens is 254 g/mol. The maximum atomic E-state index is 5.18. The number of nitrogens with zero attached hydrogens (tertiary/aromatic N) is 4. The average Bonchev–Trinajstić information content (AvgIpc) is 3.16. The first kappa shape index (κ1) is 15.4. The van der Waals surface area contributed by atoms with Gasteiger partial charge in [0.15, 0.2) is 0 Å². The van der Waals surface area contributed by atoms with E-state index in [2.05, 4.69) is 34.4 Å². The van der Waals surface area contributed by atoms with Crippen LogP contribution >= 0.6 is 0 Å². The van der Waals surface area contributed by atoms with Crippen molar-refractivity contribution < 1.29 is 4.74 Å². The summed E-state index contributed by atoms with van der Waals surface area (Å²) in [7, 11) is 1.76. The van der Waals surface area contributed by atoms with E-state index in [1.54, 1.807) is 7.11 Å². The van der Waals surface area contributed by atoms with E-state index in [1.165, 1.54) is 12.8 Å². The molecule has 0 radical (unpaired) electrons. The van der Waals surface area contributed by atoms with Gasteiger partial charge in [-0.3, -0.25) is 9.58 Å². The second-order valence-electron chi connectivity index (χ2n) is 5.77. The Bertz CT molecular complexity index is 389. The van der Waals surface area contributed by atoms with Crippen LogP contribution in [0.4, 0.5) is 0 Å². The summed E-state index contributed by atoms with van der Waals surface area (Å²) in [5.41, 5.74) is 1.01. The molecule has 1 heterocycles. The zero-order chi connectivity index (χ0) is 14.4. The van der Waals surface area contributed by atoms with Gasteiger partial charge < -0.3 is 10.1 Å². The van der Waals surface area contributed by atoms with Crippen LogP contribution in [0.15, 0.2) is 6.20 Å². The molecule has 0 spiro atoms. The Balaban J connectivity index is 1.74. The smallest absolute Gasteiger partial charge is 0.0964 e. The standard InChI is InChI=1S/C14H27N5O/c1-12(2)15-10-13-11-19(17-16-13)7-6-18(8-9-20-3)14-4-5-14/h11-12,14-15H,4-10H2,1-3H3. The van der Waals surface area contributed by atoms with E-state index in [-0.39, 0.29) is 0 Å². The van der Waals surface area contributed by atoms with Crippen LogP contribution in [0.25, 0.3) is 0 Å². The molecule has 2 rings (SSSR count). The van der Waals surface area contributed by atoms with Gasteiger partial charge in [-0.05, 0) is 12.8 Å². The van der Waals surface area contributed by atoms with Gasteiger partial charge in [0, 0.05) is 45.0 Å². The fraction of sp³-hybridized carbons (Fsp3) is 0.857. The van der Waals surface area contributed by atoms with E-state index in [1.807, 2.05) is 10.9 Å². The zero-order valence-corrected chi connectivity index (χ0v) is 12.9. The molecule has 1 aromatic heterocycles. The number of aromatic nitrogens is 3. The summed E-state index contributed by atoms with van der Waals surface area (Å²) >= 11 is 0. The van der Waals surface area contributed by atoms with Crippen molar-refractivity contribution in [3.63, 3.8) is 0 Å². The van der Waals surface area contributed by atoms with E-state index in [9.17, 15) is 0 Å². The molecule has 1 aromatic rings. The van der Waals surface area contributed by atoms with E-state index in [4.69, 9.17) is 4.74 Å². The van der Waals surface area contributed by atoms with Crippen molar-refractivity contribution in [2.45, 2.75) is 51.9 Å². The number of methoxy groups -OCH3 is 1. The minimum Gasteiger partial charge on any atom is -0.383 e. The molecule has 0 aromatic carbocycles. The highest BCUT2D eigenvalue weighted by atomic mass is 16.5. The quantitative estimate of drug-likeness (QED) is 0.690. The fourth-order valence-corrected chi connectivity index (χ4v) is 2.19. The van der Waals surface area contributed by atoms with Crippen molar-refractivity contribution in [2.24, 2.45) is 0 Å².